The van der Waals surface area contributed by atoms with E-state index in [9.17, 15) is 4.39 Å². The molecular formula is C23H24ClFN4. The number of pyridine rings is 2. The van der Waals surface area contributed by atoms with Crippen LogP contribution in [0.5, 0.6) is 0 Å². The Morgan fingerprint density at radius 3 is 2.59 bits per heavy atom. The number of halogens is 2. The second-order valence-electron chi connectivity index (χ2n) is 7.42. The van der Waals surface area contributed by atoms with Gasteiger partial charge in [0.1, 0.15) is 17.5 Å². The molecule has 0 spiro atoms. The first kappa shape index (κ1) is 19.6. The monoisotopic (exact) mass is 410 g/mol. The highest BCUT2D eigenvalue weighted by molar-refractivity contribution is 6.33. The van der Waals surface area contributed by atoms with Crippen LogP contribution in [0.3, 0.4) is 0 Å². The van der Waals surface area contributed by atoms with Gasteiger partial charge in [-0.1, -0.05) is 49.1 Å². The summed E-state index contributed by atoms with van der Waals surface area (Å²) in [4.78, 5) is 9.15. The molecule has 2 heterocycles. The number of hydrogen-bond acceptors (Lipinski definition) is 4. The smallest absolute Gasteiger partial charge is 0.126 e. The molecule has 1 aliphatic rings. The van der Waals surface area contributed by atoms with E-state index in [0.29, 0.717) is 17.6 Å². The van der Waals surface area contributed by atoms with Crippen molar-refractivity contribution in [1.29, 1.82) is 0 Å². The minimum atomic E-state index is -0.237. The molecule has 150 valence electrons. The zero-order valence-corrected chi connectivity index (χ0v) is 16.9. The highest BCUT2D eigenvalue weighted by Crippen LogP contribution is 2.30. The lowest BCUT2D eigenvalue weighted by Gasteiger charge is -2.23. The lowest BCUT2D eigenvalue weighted by molar-refractivity contribution is 0.462. The number of anilines is 2. The minimum Gasteiger partial charge on any atom is -0.367 e. The van der Waals surface area contributed by atoms with Gasteiger partial charge in [-0.25, -0.2) is 14.4 Å². The highest BCUT2D eigenvalue weighted by atomic mass is 35.5. The van der Waals surface area contributed by atoms with Crippen LogP contribution in [0.2, 0.25) is 5.02 Å². The van der Waals surface area contributed by atoms with E-state index in [1.807, 2.05) is 24.3 Å². The molecule has 0 bridgehead atoms. The van der Waals surface area contributed by atoms with E-state index in [1.54, 1.807) is 18.3 Å². The Morgan fingerprint density at radius 1 is 1.00 bits per heavy atom. The third kappa shape index (κ3) is 5.24. The first-order valence-electron chi connectivity index (χ1n) is 10.1. The van der Waals surface area contributed by atoms with E-state index < -0.39 is 0 Å². The van der Waals surface area contributed by atoms with E-state index in [1.165, 1.54) is 44.2 Å². The summed E-state index contributed by atoms with van der Waals surface area (Å²) in [6.45, 7) is 0.565. The summed E-state index contributed by atoms with van der Waals surface area (Å²) in [6.07, 6.45) is 7.89. The zero-order chi connectivity index (χ0) is 20.1. The van der Waals surface area contributed by atoms with Gasteiger partial charge in [0.2, 0.25) is 0 Å². The molecule has 1 fully saturated rings. The molecule has 1 saturated carbocycles. The predicted octanol–water partition coefficient (Wildman–Crippen LogP) is 6.29. The van der Waals surface area contributed by atoms with E-state index in [4.69, 9.17) is 16.6 Å². The van der Waals surface area contributed by atoms with Crippen molar-refractivity contribution < 1.29 is 4.39 Å². The minimum absolute atomic E-state index is 0.237. The topological polar surface area (TPSA) is 49.8 Å². The van der Waals surface area contributed by atoms with E-state index in [0.717, 1.165) is 28.5 Å². The van der Waals surface area contributed by atoms with Crippen molar-refractivity contribution in [2.45, 2.75) is 44.7 Å². The largest absolute Gasteiger partial charge is 0.367 e. The summed E-state index contributed by atoms with van der Waals surface area (Å²) in [6, 6.07) is 14.7. The Kier molecular flexibility index (Phi) is 6.25. The van der Waals surface area contributed by atoms with Gasteiger partial charge in [-0.05, 0) is 48.7 Å². The molecule has 6 heteroatoms. The second-order valence-corrected chi connectivity index (χ2v) is 7.82. The van der Waals surface area contributed by atoms with Crippen LogP contribution < -0.4 is 10.6 Å². The Hall–Kier alpha value is -2.66. The Morgan fingerprint density at radius 2 is 1.79 bits per heavy atom. The maximum atomic E-state index is 13.1. The molecule has 0 amide bonds. The number of benzene rings is 1. The van der Waals surface area contributed by atoms with Gasteiger partial charge in [-0.3, -0.25) is 0 Å². The molecule has 1 aromatic carbocycles. The molecule has 4 nitrogen and oxygen atoms in total. The van der Waals surface area contributed by atoms with Crippen molar-refractivity contribution >= 4 is 23.2 Å². The van der Waals surface area contributed by atoms with Gasteiger partial charge in [-0.2, -0.15) is 0 Å². The first-order chi connectivity index (χ1) is 14.2. The molecule has 2 N–H and O–H groups in total. The fraction of sp³-hybridized carbons (Fsp3) is 0.304. The van der Waals surface area contributed by atoms with Crippen molar-refractivity contribution in [3.05, 3.63) is 71.1 Å². The van der Waals surface area contributed by atoms with Crippen LogP contribution in [0.15, 0.2) is 54.7 Å². The maximum Gasteiger partial charge on any atom is 0.126 e. The maximum absolute atomic E-state index is 13.1. The van der Waals surface area contributed by atoms with Crippen LogP contribution in [0.25, 0.3) is 11.3 Å². The summed E-state index contributed by atoms with van der Waals surface area (Å²) in [5, 5.41) is 7.39. The van der Waals surface area contributed by atoms with E-state index >= 15 is 0 Å². The van der Waals surface area contributed by atoms with Crippen LogP contribution in [-0.2, 0) is 6.54 Å². The fourth-order valence-electron chi connectivity index (χ4n) is 3.65. The summed E-state index contributed by atoms with van der Waals surface area (Å²) in [5.74, 6) is 1.34. The van der Waals surface area contributed by atoms with Gasteiger partial charge in [0.15, 0.2) is 0 Å². The molecule has 0 saturated heterocycles. The van der Waals surface area contributed by atoms with Crippen molar-refractivity contribution in [2.24, 2.45) is 0 Å². The average Bonchev–Trinajstić information content (AvgIpc) is 2.76. The Labute approximate surface area is 175 Å². The predicted molar refractivity (Wildman–Crippen MR) is 117 cm³/mol. The molecule has 0 radical (unpaired) electrons. The zero-order valence-electron chi connectivity index (χ0n) is 16.2. The van der Waals surface area contributed by atoms with Crippen molar-refractivity contribution in [1.82, 2.24) is 9.97 Å². The summed E-state index contributed by atoms with van der Waals surface area (Å²) in [5.41, 5.74) is 2.62. The van der Waals surface area contributed by atoms with E-state index in [-0.39, 0.29) is 5.82 Å². The molecule has 0 unspecified atom stereocenters. The van der Waals surface area contributed by atoms with Crippen molar-refractivity contribution in [2.75, 3.05) is 10.6 Å². The lowest BCUT2D eigenvalue weighted by Crippen LogP contribution is -2.22. The number of nitrogens with zero attached hydrogens (tertiary/aromatic N) is 2. The van der Waals surface area contributed by atoms with Gasteiger partial charge in [0, 0.05) is 24.3 Å². The van der Waals surface area contributed by atoms with Gasteiger partial charge in [0.05, 0.1) is 10.7 Å². The van der Waals surface area contributed by atoms with E-state index in [2.05, 4.69) is 15.6 Å². The summed E-state index contributed by atoms with van der Waals surface area (Å²) in [7, 11) is 0. The van der Waals surface area contributed by atoms with Gasteiger partial charge >= 0.3 is 0 Å². The lowest BCUT2D eigenvalue weighted by atomic mass is 9.95. The van der Waals surface area contributed by atoms with Crippen LogP contribution >= 0.6 is 11.6 Å². The molecular weight excluding hydrogens is 387 g/mol. The molecule has 0 aliphatic heterocycles. The van der Waals surface area contributed by atoms with Crippen LogP contribution in [0, 0.1) is 5.82 Å². The molecule has 4 rings (SSSR count). The van der Waals surface area contributed by atoms with Gasteiger partial charge in [0.25, 0.3) is 0 Å². The molecule has 0 atom stereocenters. The van der Waals surface area contributed by atoms with Crippen LogP contribution in [0.1, 0.15) is 37.7 Å². The van der Waals surface area contributed by atoms with Crippen LogP contribution in [0.4, 0.5) is 16.0 Å². The van der Waals surface area contributed by atoms with Crippen LogP contribution in [-0.4, -0.2) is 16.0 Å². The number of hydrogen-bond donors (Lipinski definition) is 2. The third-order valence-electron chi connectivity index (χ3n) is 5.22. The average molecular weight is 411 g/mol. The summed E-state index contributed by atoms with van der Waals surface area (Å²) < 4.78 is 13.1. The molecule has 3 aromatic rings. The number of nitrogens with one attached hydrogen (secondary N) is 2. The highest BCUT2D eigenvalue weighted by Gasteiger charge is 2.15. The number of aromatic nitrogens is 2. The quantitative estimate of drug-likeness (QED) is 0.501. The SMILES string of the molecule is Fc1ccc(CNc2cccc(-c3cc(NC4CCCCC4)ncc3Cl)n2)cc1. The Bertz CT molecular complexity index is 955. The molecule has 1 aliphatic carbocycles. The molecule has 2 aromatic heterocycles. The Balaban J connectivity index is 1.49. The van der Waals surface area contributed by atoms with Crippen molar-refractivity contribution in [3.63, 3.8) is 0 Å². The third-order valence-corrected chi connectivity index (χ3v) is 5.53. The fourth-order valence-corrected chi connectivity index (χ4v) is 3.85. The van der Waals surface area contributed by atoms with Gasteiger partial charge < -0.3 is 10.6 Å². The standard InChI is InChI=1S/C23H24ClFN4/c24-20-15-27-23(28-18-5-2-1-3-6-18)13-19(20)21-7-4-8-22(29-21)26-14-16-9-11-17(25)12-10-16/h4,7-13,15,18H,1-3,5-6,14H2,(H,26,29)(H,27,28). The van der Waals surface area contributed by atoms with Gasteiger partial charge in [-0.15, -0.1) is 0 Å². The van der Waals surface area contributed by atoms with Crippen molar-refractivity contribution in [3.8, 4) is 11.3 Å². The second kappa shape index (κ2) is 9.23. The number of rotatable bonds is 6. The molecule has 29 heavy (non-hydrogen) atoms. The summed E-state index contributed by atoms with van der Waals surface area (Å²) >= 11 is 6.43. The first-order valence-corrected chi connectivity index (χ1v) is 10.4. The normalized spacial score (nSPS) is 14.6.